The number of nitrogens with zero attached hydrogens (tertiary/aromatic N) is 6. The van der Waals surface area contributed by atoms with Crippen LogP contribution in [0.5, 0.6) is 0 Å². The molecule has 0 atom stereocenters. The van der Waals surface area contributed by atoms with Gasteiger partial charge < -0.3 is 15.7 Å². The molecule has 4 aromatic rings. The van der Waals surface area contributed by atoms with E-state index in [9.17, 15) is 9.90 Å². The first kappa shape index (κ1) is 24.2. The van der Waals surface area contributed by atoms with Crippen LogP contribution in [0.15, 0.2) is 43.2 Å². The number of aromatic nitrogens is 6. The summed E-state index contributed by atoms with van der Waals surface area (Å²) in [7, 11) is 1.83. The van der Waals surface area contributed by atoms with E-state index in [0.717, 1.165) is 36.9 Å². The summed E-state index contributed by atoms with van der Waals surface area (Å²) in [5, 5.41) is 25.8. The van der Waals surface area contributed by atoms with Crippen LogP contribution in [0.3, 0.4) is 0 Å². The highest BCUT2D eigenvalue weighted by atomic mass is 35.5. The monoisotopic (exact) mass is 508 g/mol. The van der Waals surface area contributed by atoms with Crippen molar-refractivity contribution < 1.29 is 9.90 Å². The van der Waals surface area contributed by atoms with Crippen LogP contribution in [0.2, 0.25) is 5.02 Å². The van der Waals surface area contributed by atoms with Gasteiger partial charge in [0.25, 0.3) is 5.91 Å². The van der Waals surface area contributed by atoms with Crippen molar-refractivity contribution in [2.75, 3.05) is 5.32 Å². The maximum absolute atomic E-state index is 13.4. The van der Waals surface area contributed by atoms with E-state index in [-0.39, 0.29) is 17.9 Å². The number of carbonyl (C=O) groups is 1. The second kappa shape index (κ2) is 9.51. The maximum Gasteiger partial charge on any atom is 0.255 e. The van der Waals surface area contributed by atoms with Gasteiger partial charge >= 0.3 is 0 Å². The topological polar surface area (TPSA) is 122 Å². The average molecular weight is 509 g/mol. The van der Waals surface area contributed by atoms with Crippen LogP contribution in [-0.2, 0) is 7.05 Å². The first-order valence-corrected chi connectivity index (χ1v) is 12.3. The molecule has 4 aromatic heterocycles. The molecule has 3 N–H and O–H groups in total. The Labute approximate surface area is 213 Å². The van der Waals surface area contributed by atoms with Crippen LogP contribution >= 0.6 is 11.6 Å². The number of pyridine rings is 1. The van der Waals surface area contributed by atoms with Gasteiger partial charge in [0.2, 0.25) is 0 Å². The summed E-state index contributed by atoms with van der Waals surface area (Å²) in [4.78, 5) is 22.3. The van der Waals surface area contributed by atoms with Crippen LogP contribution in [0, 0.1) is 5.92 Å². The maximum atomic E-state index is 13.4. The Hall–Kier alpha value is -3.50. The zero-order valence-electron chi connectivity index (χ0n) is 20.4. The molecule has 4 heterocycles. The first-order valence-electron chi connectivity index (χ1n) is 12.0. The van der Waals surface area contributed by atoms with Crippen LogP contribution in [0.1, 0.15) is 49.9 Å². The summed E-state index contributed by atoms with van der Waals surface area (Å²) >= 11 is 6.04. The second-order valence-corrected chi connectivity index (χ2v) is 10.4. The molecule has 5 rings (SSSR count). The Balaban J connectivity index is 1.42. The Kier molecular flexibility index (Phi) is 6.40. The van der Waals surface area contributed by atoms with Crippen LogP contribution in [0.25, 0.3) is 16.9 Å². The van der Waals surface area contributed by atoms with E-state index in [2.05, 4.69) is 30.8 Å². The third-order valence-corrected chi connectivity index (χ3v) is 6.99. The van der Waals surface area contributed by atoms with Crippen molar-refractivity contribution in [3.63, 3.8) is 0 Å². The van der Waals surface area contributed by atoms with E-state index in [0.29, 0.717) is 27.6 Å². The van der Waals surface area contributed by atoms with E-state index < -0.39 is 5.60 Å². The van der Waals surface area contributed by atoms with Crippen molar-refractivity contribution in [3.05, 3.63) is 53.8 Å². The predicted molar refractivity (Wildman–Crippen MR) is 137 cm³/mol. The number of hydrogen-bond donors (Lipinski definition) is 3. The molecule has 0 aliphatic heterocycles. The van der Waals surface area contributed by atoms with Crippen molar-refractivity contribution in [2.24, 2.45) is 13.0 Å². The molecule has 0 radical (unpaired) electrons. The molecule has 0 aromatic carbocycles. The number of anilines is 2. The van der Waals surface area contributed by atoms with E-state index in [4.69, 9.17) is 11.6 Å². The summed E-state index contributed by atoms with van der Waals surface area (Å²) in [5.41, 5.74) is 3.03. The fraction of sp³-hybridized carbons (Fsp3) is 0.400. The van der Waals surface area contributed by atoms with Gasteiger partial charge in [0, 0.05) is 31.7 Å². The summed E-state index contributed by atoms with van der Waals surface area (Å²) in [6, 6.07) is 1.87. The number of hydrogen-bond acceptors (Lipinski definition) is 7. The van der Waals surface area contributed by atoms with E-state index in [1.165, 1.54) is 0 Å². The number of aryl methyl sites for hydroxylation is 1. The third-order valence-electron chi connectivity index (χ3n) is 6.79. The molecule has 0 bridgehead atoms. The molecule has 1 amide bonds. The highest BCUT2D eigenvalue weighted by molar-refractivity contribution is 6.30. The standard InChI is InChI=1S/C25H29ClN8O2/c1-25(2,36)15-4-6-17(7-5-15)32-24(35)20-11-27-21(8-22(20)31-18-10-29-33(3)14-18)19-12-30-34-13-16(26)9-28-23(19)34/h8-15,17,36H,4-7H2,1-3H3,(H,27,31)(H,32,35)/t15-,17-. The van der Waals surface area contributed by atoms with Crippen LogP contribution < -0.4 is 10.6 Å². The van der Waals surface area contributed by atoms with Crippen molar-refractivity contribution in [1.82, 2.24) is 34.7 Å². The van der Waals surface area contributed by atoms with Gasteiger partial charge in [-0.15, -0.1) is 0 Å². The second-order valence-electron chi connectivity index (χ2n) is 9.92. The van der Waals surface area contributed by atoms with Gasteiger partial charge in [-0.2, -0.15) is 10.2 Å². The molecule has 0 saturated heterocycles. The van der Waals surface area contributed by atoms with Crippen LogP contribution in [-0.4, -0.2) is 52.0 Å². The quantitative estimate of drug-likeness (QED) is 0.360. The molecule has 188 valence electrons. The molecule has 11 heteroatoms. The van der Waals surface area contributed by atoms with Crippen molar-refractivity contribution in [3.8, 4) is 11.3 Å². The zero-order chi connectivity index (χ0) is 25.4. The van der Waals surface area contributed by atoms with Crippen molar-refractivity contribution in [1.29, 1.82) is 0 Å². The summed E-state index contributed by atoms with van der Waals surface area (Å²) in [5.74, 6) is 0.0423. The lowest BCUT2D eigenvalue weighted by Gasteiger charge is -2.36. The van der Waals surface area contributed by atoms with Gasteiger partial charge in [0.15, 0.2) is 5.65 Å². The summed E-state index contributed by atoms with van der Waals surface area (Å²) < 4.78 is 3.28. The van der Waals surface area contributed by atoms with E-state index >= 15 is 0 Å². The Morgan fingerprint density at radius 1 is 1.08 bits per heavy atom. The molecule has 1 saturated carbocycles. The fourth-order valence-electron chi connectivity index (χ4n) is 4.77. The Morgan fingerprint density at radius 3 is 2.56 bits per heavy atom. The molecule has 0 unspecified atom stereocenters. The largest absolute Gasteiger partial charge is 0.390 e. The van der Waals surface area contributed by atoms with Gasteiger partial charge in [-0.05, 0) is 51.5 Å². The molecule has 1 aliphatic rings. The lowest BCUT2D eigenvalue weighted by atomic mass is 9.77. The summed E-state index contributed by atoms with van der Waals surface area (Å²) in [6.07, 6.45) is 13.4. The van der Waals surface area contributed by atoms with Crippen molar-refractivity contribution >= 4 is 34.5 Å². The smallest absolute Gasteiger partial charge is 0.255 e. The lowest BCUT2D eigenvalue weighted by Crippen LogP contribution is -2.41. The number of carbonyl (C=O) groups excluding carboxylic acids is 1. The lowest BCUT2D eigenvalue weighted by molar-refractivity contribution is -0.00257. The van der Waals surface area contributed by atoms with Crippen molar-refractivity contribution in [2.45, 2.75) is 51.2 Å². The normalized spacial score (nSPS) is 18.4. The molecule has 1 aliphatic carbocycles. The van der Waals surface area contributed by atoms with Gasteiger partial charge in [0.05, 0.1) is 57.4 Å². The van der Waals surface area contributed by atoms with E-state index in [1.54, 1.807) is 40.2 Å². The van der Waals surface area contributed by atoms with Gasteiger partial charge in [-0.1, -0.05) is 11.6 Å². The minimum absolute atomic E-state index is 0.0515. The molecule has 10 nitrogen and oxygen atoms in total. The zero-order valence-corrected chi connectivity index (χ0v) is 21.2. The molecule has 0 spiro atoms. The highest BCUT2D eigenvalue weighted by Crippen LogP contribution is 2.33. The number of nitrogens with one attached hydrogen (secondary N) is 2. The highest BCUT2D eigenvalue weighted by Gasteiger charge is 2.32. The SMILES string of the molecule is Cn1cc(Nc2cc(-c3cnn4cc(Cl)cnc34)ncc2C(=O)N[C@H]2CC[C@H](C(C)(C)O)CC2)cn1. The Morgan fingerprint density at radius 2 is 1.86 bits per heavy atom. The average Bonchev–Trinajstić information content (AvgIpc) is 3.44. The van der Waals surface area contributed by atoms with Gasteiger partial charge in [0.1, 0.15) is 0 Å². The van der Waals surface area contributed by atoms with Crippen LogP contribution in [0.4, 0.5) is 11.4 Å². The summed E-state index contributed by atoms with van der Waals surface area (Å²) in [6.45, 7) is 3.71. The molecular weight excluding hydrogens is 480 g/mol. The van der Waals surface area contributed by atoms with E-state index in [1.807, 2.05) is 33.2 Å². The minimum Gasteiger partial charge on any atom is -0.390 e. The fourth-order valence-corrected chi connectivity index (χ4v) is 4.91. The molecular formula is C25H29ClN8O2. The molecule has 1 fully saturated rings. The Bertz CT molecular complexity index is 1400. The predicted octanol–water partition coefficient (Wildman–Crippen LogP) is 3.98. The minimum atomic E-state index is -0.701. The number of amides is 1. The van der Waals surface area contributed by atoms with Gasteiger partial charge in [-0.25, -0.2) is 9.50 Å². The van der Waals surface area contributed by atoms with Gasteiger partial charge in [-0.3, -0.25) is 14.5 Å². The number of aliphatic hydroxyl groups is 1. The number of halogens is 1. The number of rotatable bonds is 6. The third kappa shape index (κ3) is 5.05. The molecule has 36 heavy (non-hydrogen) atoms. The first-order chi connectivity index (χ1) is 17.2. The number of fused-ring (bicyclic) bond motifs is 1.